The maximum atomic E-state index is 12.5. The number of H-pyrrole nitrogens is 1. The van der Waals surface area contributed by atoms with Gasteiger partial charge in [-0.05, 0) is 30.2 Å². The van der Waals surface area contributed by atoms with Crippen molar-refractivity contribution in [2.45, 2.75) is 6.42 Å². The van der Waals surface area contributed by atoms with E-state index in [9.17, 15) is 14.4 Å². The van der Waals surface area contributed by atoms with Crippen molar-refractivity contribution in [3.8, 4) is 0 Å². The van der Waals surface area contributed by atoms with Gasteiger partial charge >= 0.3 is 5.97 Å². The molecule has 1 amide bonds. The Morgan fingerprint density at radius 1 is 1.19 bits per heavy atom. The molecular formula is C15H12N2O4. The smallest absolute Gasteiger partial charge is 0.335 e. The molecule has 3 rings (SSSR count). The van der Waals surface area contributed by atoms with E-state index in [1.807, 2.05) is 0 Å². The Balaban J connectivity index is 2.00. The molecule has 0 saturated carbocycles. The van der Waals surface area contributed by atoms with Crippen LogP contribution >= 0.6 is 0 Å². The Hall–Kier alpha value is -2.89. The summed E-state index contributed by atoms with van der Waals surface area (Å²) >= 11 is 0. The van der Waals surface area contributed by atoms with E-state index in [4.69, 9.17) is 5.11 Å². The minimum atomic E-state index is -1.04. The zero-order chi connectivity index (χ0) is 15.0. The molecule has 0 unspecified atom stereocenters. The highest BCUT2D eigenvalue weighted by Gasteiger charge is 2.26. The zero-order valence-corrected chi connectivity index (χ0v) is 11.0. The predicted molar refractivity (Wildman–Crippen MR) is 75.8 cm³/mol. The molecule has 0 bridgehead atoms. The van der Waals surface area contributed by atoms with Crippen LogP contribution in [0.3, 0.4) is 0 Å². The van der Waals surface area contributed by atoms with E-state index in [2.05, 4.69) is 4.98 Å². The second kappa shape index (κ2) is 4.90. The summed E-state index contributed by atoms with van der Waals surface area (Å²) < 4.78 is 0. The average Bonchev–Trinajstić information content (AvgIpc) is 2.89. The van der Waals surface area contributed by atoms with Gasteiger partial charge in [-0.2, -0.15) is 0 Å². The van der Waals surface area contributed by atoms with Crippen LogP contribution in [0.15, 0.2) is 41.2 Å². The number of aromatic carboxylic acids is 1. The van der Waals surface area contributed by atoms with Crippen molar-refractivity contribution < 1.29 is 14.7 Å². The van der Waals surface area contributed by atoms with Gasteiger partial charge in [-0.1, -0.05) is 12.1 Å². The number of fused-ring (bicyclic) bond motifs is 1. The summed E-state index contributed by atoms with van der Waals surface area (Å²) in [6.07, 6.45) is 0.665. The third kappa shape index (κ3) is 2.31. The van der Waals surface area contributed by atoms with E-state index < -0.39 is 5.97 Å². The molecule has 1 aromatic carbocycles. The molecule has 2 aromatic rings. The number of amides is 1. The fourth-order valence-corrected chi connectivity index (χ4v) is 2.44. The van der Waals surface area contributed by atoms with Crippen LogP contribution in [0.25, 0.3) is 0 Å². The molecule has 0 saturated heterocycles. The monoisotopic (exact) mass is 284 g/mol. The molecular weight excluding hydrogens is 272 g/mol. The molecule has 0 aliphatic carbocycles. The largest absolute Gasteiger partial charge is 0.478 e. The van der Waals surface area contributed by atoms with Crippen LogP contribution in [-0.4, -0.2) is 28.5 Å². The van der Waals surface area contributed by atoms with Gasteiger partial charge < -0.3 is 15.0 Å². The van der Waals surface area contributed by atoms with Gasteiger partial charge in [-0.15, -0.1) is 0 Å². The number of benzene rings is 1. The summed E-state index contributed by atoms with van der Waals surface area (Å²) in [5.74, 6) is -1.38. The lowest BCUT2D eigenvalue weighted by atomic mass is 10.1. The summed E-state index contributed by atoms with van der Waals surface area (Å²) in [7, 11) is 0. The van der Waals surface area contributed by atoms with Gasteiger partial charge in [0.05, 0.1) is 5.56 Å². The van der Waals surface area contributed by atoms with E-state index in [-0.39, 0.29) is 22.7 Å². The summed E-state index contributed by atoms with van der Waals surface area (Å²) in [4.78, 5) is 38.8. The minimum Gasteiger partial charge on any atom is -0.478 e. The normalized spacial score (nSPS) is 13.0. The molecule has 0 fully saturated rings. The van der Waals surface area contributed by atoms with Crippen LogP contribution in [-0.2, 0) is 6.42 Å². The number of rotatable bonds is 2. The molecule has 1 aliphatic rings. The number of aromatic nitrogens is 1. The average molecular weight is 284 g/mol. The number of anilines is 1. The first kappa shape index (κ1) is 13.1. The summed E-state index contributed by atoms with van der Waals surface area (Å²) in [5.41, 5.74) is 1.49. The van der Waals surface area contributed by atoms with Gasteiger partial charge in [-0.3, -0.25) is 9.59 Å². The molecule has 2 heterocycles. The number of pyridine rings is 1. The molecule has 2 N–H and O–H groups in total. The van der Waals surface area contributed by atoms with Crippen molar-refractivity contribution in [2.75, 3.05) is 11.4 Å². The number of carbonyl (C=O) groups excluding carboxylic acids is 1. The molecule has 0 atom stereocenters. The van der Waals surface area contributed by atoms with Gasteiger partial charge in [0.2, 0.25) is 5.56 Å². The number of hydrogen-bond donors (Lipinski definition) is 2. The highest BCUT2D eigenvalue weighted by molar-refractivity contribution is 6.06. The SMILES string of the molecule is O=C(O)c1ccc2c(c1)N(C(=O)c1cccc(=O)[nH]1)CC2. The van der Waals surface area contributed by atoms with Crippen LogP contribution in [0.5, 0.6) is 0 Å². The third-order valence-electron chi connectivity index (χ3n) is 3.47. The third-order valence-corrected chi connectivity index (χ3v) is 3.47. The highest BCUT2D eigenvalue weighted by atomic mass is 16.4. The first-order valence-corrected chi connectivity index (χ1v) is 6.44. The molecule has 0 spiro atoms. The van der Waals surface area contributed by atoms with Crippen molar-refractivity contribution in [2.24, 2.45) is 0 Å². The van der Waals surface area contributed by atoms with Crippen LogP contribution in [0, 0.1) is 0 Å². The first-order chi connectivity index (χ1) is 10.1. The highest BCUT2D eigenvalue weighted by Crippen LogP contribution is 2.30. The number of carbonyl (C=O) groups is 2. The van der Waals surface area contributed by atoms with Crippen LogP contribution in [0.2, 0.25) is 0 Å². The maximum Gasteiger partial charge on any atom is 0.335 e. The Bertz CT molecular complexity index is 794. The number of nitrogens with zero attached hydrogens (tertiary/aromatic N) is 1. The van der Waals surface area contributed by atoms with E-state index in [0.717, 1.165) is 5.56 Å². The van der Waals surface area contributed by atoms with Crippen molar-refractivity contribution in [1.82, 2.24) is 4.98 Å². The van der Waals surface area contributed by atoms with Crippen LogP contribution < -0.4 is 10.5 Å². The Morgan fingerprint density at radius 3 is 2.71 bits per heavy atom. The van der Waals surface area contributed by atoms with Crippen LogP contribution in [0.4, 0.5) is 5.69 Å². The Morgan fingerprint density at radius 2 is 2.00 bits per heavy atom. The van der Waals surface area contributed by atoms with Gasteiger partial charge in [0.15, 0.2) is 0 Å². The minimum absolute atomic E-state index is 0.134. The molecule has 6 heteroatoms. The van der Waals surface area contributed by atoms with Gasteiger partial charge in [0, 0.05) is 18.3 Å². The fourth-order valence-electron chi connectivity index (χ4n) is 2.44. The molecule has 0 radical (unpaired) electrons. The van der Waals surface area contributed by atoms with E-state index in [0.29, 0.717) is 18.7 Å². The lowest BCUT2D eigenvalue weighted by Crippen LogP contribution is -2.31. The first-order valence-electron chi connectivity index (χ1n) is 6.44. The molecule has 6 nitrogen and oxygen atoms in total. The van der Waals surface area contributed by atoms with Crippen molar-refractivity contribution in [3.05, 3.63) is 63.6 Å². The quantitative estimate of drug-likeness (QED) is 0.869. The topological polar surface area (TPSA) is 90.5 Å². The fraction of sp³-hybridized carbons (Fsp3) is 0.133. The Labute approximate surface area is 119 Å². The zero-order valence-electron chi connectivity index (χ0n) is 11.0. The summed E-state index contributed by atoms with van der Waals surface area (Å²) in [6, 6.07) is 9.11. The standard InChI is InChI=1S/C15H12N2O4/c18-13-3-1-2-11(16-13)14(19)17-7-6-9-4-5-10(15(20)21)8-12(9)17/h1-5,8H,6-7H2,(H,16,18)(H,20,21). The van der Waals surface area contributed by atoms with Crippen LogP contribution in [0.1, 0.15) is 26.4 Å². The predicted octanol–water partition coefficient (Wildman–Crippen LogP) is 1.28. The van der Waals surface area contributed by atoms with E-state index in [1.54, 1.807) is 6.07 Å². The number of carboxylic acids is 1. The molecule has 1 aliphatic heterocycles. The van der Waals surface area contributed by atoms with Gasteiger partial charge in [-0.25, -0.2) is 4.79 Å². The molecule has 21 heavy (non-hydrogen) atoms. The second-order valence-corrected chi connectivity index (χ2v) is 4.78. The van der Waals surface area contributed by atoms with Crippen molar-refractivity contribution in [3.63, 3.8) is 0 Å². The summed E-state index contributed by atoms with van der Waals surface area (Å²) in [5, 5.41) is 9.04. The van der Waals surface area contributed by atoms with Gasteiger partial charge in [0.25, 0.3) is 5.91 Å². The lowest BCUT2D eigenvalue weighted by Gasteiger charge is -2.17. The number of hydrogen-bond acceptors (Lipinski definition) is 3. The van der Waals surface area contributed by atoms with E-state index in [1.165, 1.54) is 35.2 Å². The number of carboxylic acid groups (broad SMARTS) is 1. The summed E-state index contributed by atoms with van der Waals surface area (Å²) in [6.45, 7) is 0.466. The van der Waals surface area contributed by atoms with Crippen molar-refractivity contribution >= 4 is 17.6 Å². The lowest BCUT2D eigenvalue weighted by molar-refractivity contribution is 0.0696. The number of aromatic amines is 1. The van der Waals surface area contributed by atoms with E-state index >= 15 is 0 Å². The molecule has 106 valence electrons. The second-order valence-electron chi connectivity index (χ2n) is 4.78. The number of nitrogens with one attached hydrogen (secondary N) is 1. The van der Waals surface area contributed by atoms with Gasteiger partial charge in [0.1, 0.15) is 5.69 Å². The Kier molecular flexibility index (Phi) is 3.06. The maximum absolute atomic E-state index is 12.5. The van der Waals surface area contributed by atoms with Crippen molar-refractivity contribution in [1.29, 1.82) is 0 Å². The molecule has 1 aromatic heterocycles.